The van der Waals surface area contributed by atoms with E-state index in [4.69, 9.17) is 11.6 Å². The summed E-state index contributed by atoms with van der Waals surface area (Å²) in [6.45, 7) is 3.81. The third kappa shape index (κ3) is 3.87. The minimum atomic E-state index is -0.109. The highest BCUT2D eigenvalue weighted by Crippen LogP contribution is 2.28. The molecule has 0 spiro atoms. The Bertz CT molecular complexity index is 1610. The minimum Gasteiger partial charge on any atom is -0.338 e. The van der Waals surface area contributed by atoms with Gasteiger partial charge in [0.25, 0.3) is 0 Å². The molecule has 2 N–H and O–H groups in total. The van der Waals surface area contributed by atoms with E-state index < -0.39 is 0 Å². The van der Waals surface area contributed by atoms with E-state index in [1.54, 1.807) is 4.52 Å². The van der Waals surface area contributed by atoms with Crippen LogP contribution in [0.3, 0.4) is 0 Å². The number of halogens is 1. The molecule has 34 heavy (non-hydrogen) atoms. The second-order valence-corrected chi connectivity index (χ2v) is 8.42. The van der Waals surface area contributed by atoms with E-state index in [0.29, 0.717) is 34.2 Å². The number of hydrogen-bond acceptors (Lipinski definition) is 5. The van der Waals surface area contributed by atoms with Gasteiger partial charge in [0.15, 0.2) is 5.65 Å². The van der Waals surface area contributed by atoms with Gasteiger partial charge in [-0.1, -0.05) is 23.7 Å². The summed E-state index contributed by atoms with van der Waals surface area (Å²) in [5.41, 5.74) is 6.68. The van der Waals surface area contributed by atoms with Gasteiger partial charge in [0.05, 0.1) is 22.3 Å². The summed E-state index contributed by atoms with van der Waals surface area (Å²) in [4.78, 5) is 25.1. The molecule has 0 fully saturated rings. The lowest BCUT2D eigenvalue weighted by Gasteiger charge is -2.11. The zero-order valence-corrected chi connectivity index (χ0v) is 19.3. The summed E-state index contributed by atoms with van der Waals surface area (Å²) in [7, 11) is 0. The van der Waals surface area contributed by atoms with E-state index in [1.165, 1.54) is 6.20 Å². The number of carbonyl (C=O) groups excluding carboxylic acids is 1. The lowest BCUT2D eigenvalue weighted by molar-refractivity contribution is -0.116. The molecule has 0 saturated carbocycles. The quantitative estimate of drug-likeness (QED) is 0.376. The topological polar surface area (TPSA) is 112 Å². The van der Waals surface area contributed by atoms with Gasteiger partial charge in [-0.05, 0) is 56.2 Å². The largest absolute Gasteiger partial charge is 0.338 e. The van der Waals surface area contributed by atoms with Crippen molar-refractivity contribution in [2.75, 3.05) is 5.32 Å². The van der Waals surface area contributed by atoms with Crippen molar-refractivity contribution in [1.29, 1.82) is 5.26 Å². The molecular formula is C25H20ClN7O. The van der Waals surface area contributed by atoms with Gasteiger partial charge in [0.1, 0.15) is 17.5 Å². The van der Waals surface area contributed by atoms with Crippen molar-refractivity contribution in [2.45, 2.75) is 26.7 Å². The number of aromatic amines is 1. The van der Waals surface area contributed by atoms with E-state index >= 15 is 0 Å². The van der Waals surface area contributed by atoms with Crippen LogP contribution in [-0.4, -0.2) is 30.5 Å². The summed E-state index contributed by atoms with van der Waals surface area (Å²) in [5.74, 6) is 0.568. The third-order valence-electron chi connectivity index (χ3n) is 5.83. The van der Waals surface area contributed by atoms with Gasteiger partial charge in [-0.15, -0.1) is 0 Å². The highest BCUT2D eigenvalue weighted by atomic mass is 35.5. The Morgan fingerprint density at radius 3 is 2.82 bits per heavy atom. The van der Waals surface area contributed by atoms with E-state index in [1.807, 2.05) is 56.3 Å². The van der Waals surface area contributed by atoms with E-state index in [0.717, 1.165) is 33.5 Å². The van der Waals surface area contributed by atoms with Gasteiger partial charge in [-0.2, -0.15) is 10.4 Å². The summed E-state index contributed by atoms with van der Waals surface area (Å²) >= 11 is 6.29. The van der Waals surface area contributed by atoms with Crippen molar-refractivity contribution in [3.8, 4) is 17.5 Å². The second-order valence-electron chi connectivity index (χ2n) is 8.01. The molecule has 5 rings (SSSR count). The first-order valence-corrected chi connectivity index (χ1v) is 11.1. The summed E-state index contributed by atoms with van der Waals surface area (Å²) in [6.07, 6.45) is 2.30. The molecule has 0 aliphatic heterocycles. The normalized spacial score (nSPS) is 11.1. The van der Waals surface area contributed by atoms with E-state index in [-0.39, 0.29) is 12.3 Å². The molecule has 0 atom stereocenters. The highest BCUT2D eigenvalue weighted by molar-refractivity contribution is 6.33. The number of imidazole rings is 1. The van der Waals surface area contributed by atoms with Crippen molar-refractivity contribution in [3.05, 3.63) is 76.2 Å². The van der Waals surface area contributed by atoms with Crippen LogP contribution in [-0.2, 0) is 11.2 Å². The molecule has 3 aromatic heterocycles. The van der Waals surface area contributed by atoms with Crippen molar-refractivity contribution < 1.29 is 4.79 Å². The summed E-state index contributed by atoms with van der Waals surface area (Å²) in [5, 5.41) is 17.1. The van der Waals surface area contributed by atoms with Crippen LogP contribution >= 0.6 is 11.6 Å². The standard InChI is InChI=1S/C25H20ClN7O/c1-14-18(15(2)33-25(29-14)16(12-27)13-28-33)8-10-23(34)30-17-7-9-21-22(11-17)32-24(31-21)19-5-3-4-6-20(19)26/h3-7,9,11,13H,8,10H2,1-2H3,(H,30,34)(H,31,32). The number of anilines is 1. The smallest absolute Gasteiger partial charge is 0.224 e. The number of nitrogens with one attached hydrogen (secondary N) is 2. The average molecular weight is 470 g/mol. The first-order valence-electron chi connectivity index (χ1n) is 10.7. The first kappa shape index (κ1) is 21.6. The Balaban J connectivity index is 1.32. The van der Waals surface area contributed by atoms with Crippen LogP contribution in [0.1, 0.15) is 28.9 Å². The Morgan fingerprint density at radius 1 is 1.21 bits per heavy atom. The summed E-state index contributed by atoms with van der Waals surface area (Å²) in [6, 6.07) is 15.2. The Labute approximate surface area is 200 Å². The van der Waals surface area contributed by atoms with Crippen LogP contribution in [0.2, 0.25) is 5.02 Å². The van der Waals surface area contributed by atoms with Crippen LogP contribution in [0.25, 0.3) is 28.1 Å². The monoisotopic (exact) mass is 469 g/mol. The zero-order chi connectivity index (χ0) is 23.8. The number of nitriles is 1. The molecule has 0 aliphatic rings. The van der Waals surface area contributed by atoms with Gasteiger partial charge in [0, 0.05) is 29.1 Å². The number of fused-ring (bicyclic) bond motifs is 2. The van der Waals surface area contributed by atoms with E-state index in [9.17, 15) is 10.1 Å². The third-order valence-corrected chi connectivity index (χ3v) is 6.16. The van der Waals surface area contributed by atoms with Gasteiger partial charge in [-0.3, -0.25) is 4.79 Å². The lowest BCUT2D eigenvalue weighted by Crippen LogP contribution is -2.14. The van der Waals surface area contributed by atoms with Gasteiger partial charge >= 0.3 is 0 Å². The van der Waals surface area contributed by atoms with Crippen molar-refractivity contribution in [2.24, 2.45) is 0 Å². The Hall–Kier alpha value is -4.22. The lowest BCUT2D eigenvalue weighted by atomic mass is 10.1. The number of aryl methyl sites for hydroxylation is 2. The predicted octanol–water partition coefficient (Wildman–Crippen LogP) is 4.99. The number of benzene rings is 2. The molecule has 3 heterocycles. The van der Waals surface area contributed by atoms with E-state index in [2.05, 4.69) is 31.4 Å². The fourth-order valence-electron chi connectivity index (χ4n) is 4.08. The van der Waals surface area contributed by atoms with Crippen molar-refractivity contribution in [3.63, 3.8) is 0 Å². The molecule has 9 heteroatoms. The minimum absolute atomic E-state index is 0.109. The van der Waals surface area contributed by atoms with Crippen LogP contribution < -0.4 is 5.32 Å². The first-order chi connectivity index (χ1) is 16.4. The molecule has 0 bridgehead atoms. The molecule has 0 radical (unpaired) electrons. The highest BCUT2D eigenvalue weighted by Gasteiger charge is 2.15. The van der Waals surface area contributed by atoms with Crippen LogP contribution in [0.15, 0.2) is 48.7 Å². The van der Waals surface area contributed by atoms with Crippen LogP contribution in [0, 0.1) is 25.2 Å². The fraction of sp³-hybridized carbons (Fsp3) is 0.160. The predicted molar refractivity (Wildman–Crippen MR) is 131 cm³/mol. The fourth-order valence-corrected chi connectivity index (χ4v) is 4.31. The van der Waals surface area contributed by atoms with Gasteiger partial charge in [-0.25, -0.2) is 14.5 Å². The SMILES string of the molecule is Cc1nc2c(C#N)cnn2c(C)c1CCC(=O)Nc1ccc2nc(-c3ccccc3Cl)[nH]c2c1. The molecule has 5 aromatic rings. The van der Waals surface area contributed by atoms with Crippen molar-refractivity contribution in [1.82, 2.24) is 24.6 Å². The number of H-pyrrole nitrogens is 1. The maximum absolute atomic E-state index is 12.7. The average Bonchev–Trinajstić information content (AvgIpc) is 3.42. The maximum Gasteiger partial charge on any atom is 0.224 e. The number of carbonyl (C=O) groups is 1. The Kier molecular flexibility index (Phi) is 5.48. The molecule has 168 valence electrons. The number of nitrogens with zero attached hydrogens (tertiary/aromatic N) is 5. The van der Waals surface area contributed by atoms with Crippen molar-refractivity contribution >= 4 is 39.9 Å². The Morgan fingerprint density at radius 2 is 2.03 bits per heavy atom. The molecule has 0 aliphatic carbocycles. The summed E-state index contributed by atoms with van der Waals surface area (Å²) < 4.78 is 1.65. The second kappa shape index (κ2) is 8.61. The number of rotatable bonds is 5. The molecule has 0 unspecified atom stereocenters. The number of hydrogen-bond donors (Lipinski definition) is 2. The van der Waals surface area contributed by atoms with Crippen LogP contribution in [0.5, 0.6) is 0 Å². The number of aromatic nitrogens is 5. The molecule has 8 nitrogen and oxygen atoms in total. The van der Waals surface area contributed by atoms with Gasteiger partial charge < -0.3 is 10.3 Å². The maximum atomic E-state index is 12.7. The zero-order valence-electron chi connectivity index (χ0n) is 18.6. The molecular weight excluding hydrogens is 450 g/mol. The van der Waals surface area contributed by atoms with Crippen LogP contribution in [0.4, 0.5) is 5.69 Å². The number of amides is 1. The molecule has 0 saturated heterocycles. The van der Waals surface area contributed by atoms with Gasteiger partial charge in [0.2, 0.25) is 5.91 Å². The molecule has 1 amide bonds. The molecule has 2 aromatic carbocycles.